The van der Waals surface area contributed by atoms with Gasteiger partial charge in [-0.05, 0) is 5.41 Å². The van der Waals surface area contributed by atoms with E-state index in [1.165, 1.54) is 0 Å². The third-order valence-corrected chi connectivity index (χ3v) is 2.25. The van der Waals surface area contributed by atoms with E-state index in [1.54, 1.807) is 0 Å². The molecule has 0 fully saturated rings. The molecule has 0 aromatic carbocycles. The first-order valence-electron chi connectivity index (χ1n) is 4.54. The number of thioether (sulfide) groups is 1. The number of hydrogen-bond donors (Lipinski definition) is 1. The first-order valence-corrected chi connectivity index (χ1v) is 5.52. The normalized spacial score (nSPS) is 11.7. The van der Waals surface area contributed by atoms with E-state index < -0.39 is 5.97 Å². The molecule has 5 nitrogen and oxygen atoms in total. The van der Waals surface area contributed by atoms with Crippen molar-refractivity contribution in [3.8, 4) is 0 Å². The standard InChI is InChI=1S/C9H14N2O3S/c1-9(2,3)4-6-10-11-8(14-6)15-5-7(12)13/h4-5H2,1-3H3,(H,12,13). The van der Waals surface area contributed by atoms with Crippen molar-refractivity contribution < 1.29 is 14.3 Å². The monoisotopic (exact) mass is 230 g/mol. The van der Waals surface area contributed by atoms with Crippen LogP contribution < -0.4 is 0 Å². The van der Waals surface area contributed by atoms with Gasteiger partial charge in [0.1, 0.15) is 5.75 Å². The smallest absolute Gasteiger partial charge is 0.314 e. The van der Waals surface area contributed by atoms with Gasteiger partial charge < -0.3 is 9.52 Å². The summed E-state index contributed by atoms with van der Waals surface area (Å²) < 4.78 is 5.29. The highest BCUT2D eigenvalue weighted by molar-refractivity contribution is 7.99. The number of carboxylic acid groups (broad SMARTS) is 1. The minimum Gasteiger partial charge on any atom is -0.481 e. The molecular weight excluding hydrogens is 216 g/mol. The van der Waals surface area contributed by atoms with E-state index in [2.05, 4.69) is 31.0 Å². The molecule has 1 N–H and O–H groups in total. The molecule has 1 aromatic heterocycles. The van der Waals surface area contributed by atoms with E-state index in [9.17, 15) is 4.79 Å². The van der Waals surface area contributed by atoms with Gasteiger partial charge in [-0.25, -0.2) is 0 Å². The van der Waals surface area contributed by atoms with Crippen LogP contribution in [0.3, 0.4) is 0 Å². The summed E-state index contributed by atoms with van der Waals surface area (Å²) in [5.41, 5.74) is 0.0846. The van der Waals surface area contributed by atoms with E-state index in [1.807, 2.05) is 0 Å². The molecule has 0 saturated carbocycles. The molecule has 0 atom stereocenters. The Hall–Kier alpha value is -1.04. The molecular formula is C9H14N2O3S. The average molecular weight is 230 g/mol. The van der Waals surface area contributed by atoms with Crippen LogP contribution in [-0.2, 0) is 11.2 Å². The lowest BCUT2D eigenvalue weighted by atomic mass is 9.92. The second-order valence-corrected chi connectivity index (χ2v) is 5.31. The van der Waals surface area contributed by atoms with E-state index in [0.29, 0.717) is 17.5 Å². The van der Waals surface area contributed by atoms with Crippen molar-refractivity contribution in [2.45, 2.75) is 32.4 Å². The summed E-state index contributed by atoms with van der Waals surface area (Å²) >= 11 is 1.04. The molecule has 6 heteroatoms. The molecule has 15 heavy (non-hydrogen) atoms. The fourth-order valence-corrected chi connectivity index (χ4v) is 1.45. The van der Waals surface area contributed by atoms with Crippen LogP contribution in [0.1, 0.15) is 26.7 Å². The topological polar surface area (TPSA) is 76.2 Å². The molecule has 0 aliphatic rings. The molecule has 0 aliphatic carbocycles. The average Bonchev–Trinajstić information content (AvgIpc) is 2.45. The van der Waals surface area contributed by atoms with E-state index in [4.69, 9.17) is 9.52 Å². The number of aliphatic carboxylic acids is 1. The largest absolute Gasteiger partial charge is 0.481 e. The van der Waals surface area contributed by atoms with Crippen LogP contribution in [0, 0.1) is 5.41 Å². The lowest BCUT2D eigenvalue weighted by Crippen LogP contribution is -2.09. The van der Waals surface area contributed by atoms with Crippen LogP contribution in [0.5, 0.6) is 0 Å². The van der Waals surface area contributed by atoms with E-state index >= 15 is 0 Å². The summed E-state index contributed by atoms with van der Waals surface area (Å²) in [6.07, 6.45) is 0.688. The molecule has 1 heterocycles. The number of aromatic nitrogens is 2. The molecule has 0 saturated heterocycles. The Bertz CT molecular complexity index is 343. The Morgan fingerprint density at radius 3 is 2.67 bits per heavy atom. The summed E-state index contributed by atoms with van der Waals surface area (Å²) in [7, 11) is 0. The van der Waals surface area contributed by atoms with Crippen molar-refractivity contribution >= 4 is 17.7 Å². The summed E-state index contributed by atoms with van der Waals surface area (Å²) in [6, 6.07) is 0. The predicted octanol–water partition coefficient (Wildman–Crippen LogP) is 1.83. The zero-order chi connectivity index (χ0) is 11.5. The Labute approximate surface area is 92.3 Å². The van der Waals surface area contributed by atoms with Crippen LogP contribution >= 0.6 is 11.8 Å². The molecule has 84 valence electrons. The van der Waals surface area contributed by atoms with Gasteiger partial charge in [-0.15, -0.1) is 10.2 Å². The van der Waals surface area contributed by atoms with Crippen LogP contribution in [-0.4, -0.2) is 27.0 Å². The maximum atomic E-state index is 10.3. The zero-order valence-electron chi connectivity index (χ0n) is 8.98. The van der Waals surface area contributed by atoms with Gasteiger partial charge >= 0.3 is 5.97 Å². The van der Waals surface area contributed by atoms with Gasteiger partial charge in [-0.2, -0.15) is 0 Å². The Morgan fingerprint density at radius 2 is 2.13 bits per heavy atom. The maximum Gasteiger partial charge on any atom is 0.314 e. The van der Waals surface area contributed by atoms with Gasteiger partial charge in [-0.1, -0.05) is 32.5 Å². The summed E-state index contributed by atoms with van der Waals surface area (Å²) in [6.45, 7) is 6.21. The van der Waals surface area contributed by atoms with Crippen LogP contribution in [0.25, 0.3) is 0 Å². The SMILES string of the molecule is CC(C)(C)Cc1nnc(SCC(=O)O)o1. The quantitative estimate of drug-likeness (QED) is 0.795. The molecule has 0 radical (unpaired) electrons. The second kappa shape index (κ2) is 4.65. The molecule has 1 aromatic rings. The van der Waals surface area contributed by atoms with E-state index in [0.717, 1.165) is 11.8 Å². The molecule has 0 unspecified atom stereocenters. The second-order valence-electron chi connectivity index (χ2n) is 4.38. The lowest BCUT2D eigenvalue weighted by Gasteiger charge is -2.14. The van der Waals surface area contributed by atoms with E-state index in [-0.39, 0.29) is 11.2 Å². The first kappa shape index (κ1) is 12.0. The Balaban J connectivity index is 2.53. The minimum absolute atomic E-state index is 0.0584. The van der Waals surface area contributed by atoms with Crippen molar-refractivity contribution in [2.24, 2.45) is 5.41 Å². The fraction of sp³-hybridized carbons (Fsp3) is 0.667. The van der Waals surface area contributed by atoms with Crippen LogP contribution in [0.4, 0.5) is 0 Å². The van der Waals surface area contributed by atoms with Crippen molar-refractivity contribution in [3.05, 3.63) is 5.89 Å². The van der Waals surface area contributed by atoms with Gasteiger partial charge in [0.15, 0.2) is 0 Å². The van der Waals surface area contributed by atoms with Crippen molar-refractivity contribution in [2.75, 3.05) is 5.75 Å². The van der Waals surface area contributed by atoms with Gasteiger partial charge in [0.2, 0.25) is 5.89 Å². The van der Waals surface area contributed by atoms with Crippen molar-refractivity contribution in [3.63, 3.8) is 0 Å². The number of carboxylic acids is 1. The number of carbonyl (C=O) groups is 1. The zero-order valence-corrected chi connectivity index (χ0v) is 9.80. The third-order valence-electron chi connectivity index (χ3n) is 1.45. The lowest BCUT2D eigenvalue weighted by molar-refractivity contribution is -0.133. The molecule has 0 spiro atoms. The molecule has 0 amide bonds. The Morgan fingerprint density at radius 1 is 1.47 bits per heavy atom. The third kappa shape index (κ3) is 4.83. The van der Waals surface area contributed by atoms with Crippen LogP contribution in [0.2, 0.25) is 0 Å². The summed E-state index contributed by atoms with van der Waals surface area (Å²) in [4.78, 5) is 10.3. The van der Waals surface area contributed by atoms with Crippen molar-refractivity contribution in [1.29, 1.82) is 0 Å². The number of nitrogens with zero attached hydrogens (tertiary/aromatic N) is 2. The highest BCUT2D eigenvalue weighted by Crippen LogP contribution is 2.22. The van der Waals surface area contributed by atoms with Gasteiger partial charge in [0, 0.05) is 6.42 Å². The fourth-order valence-electron chi connectivity index (χ4n) is 0.945. The van der Waals surface area contributed by atoms with Gasteiger partial charge in [0.25, 0.3) is 5.22 Å². The first-order chi connectivity index (χ1) is 6.87. The predicted molar refractivity (Wildman–Crippen MR) is 55.8 cm³/mol. The Kier molecular flexibility index (Phi) is 3.73. The summed E-state index contributed by atoms with van der Waals surface area (Å²) in [5, 5.41) is 16.4. The number of rotatable bonds is 4. The van der Waals surface area contributed by atoms with Gasteiger partial charge in [-0.3, -0.25) is 4.79 Å². The summed E-state index contributed by atoms with van der Waals surface area (Å²) in [5.74, 6) is -0.400. The molecule has 1 rings (SSSR count). The van der Waals surface area contributed by atoms with Crippen LogP contribution in [0.15, 0.2) is 9.64 Å². The molecule has 0 bridgehead atoms. The maximum absolute atomic E-state index is 10.3. The number of hydrogen-bond acceptors (Lipinski definition) is 5. The minimum atomic E-state index is -0.893. The highest BCUT2D eigenvalue weighted by atomic mass is 32.2. The van der Waals surface area contributed by atoms with Crippen molar-refractivity contribution in [1.82, 2.24) is 10.2 Å². The van der Waals surface area contributed by atoms with Gasteiger partial charge in [0.05, 0.1) is 0 Å². The highest BCUT2D eigenvalue weighted by Gasteiger charge is 2.16. The molecule has 0 aliphatic heterocycles.